The molecule has 2 nitrogen and oxygen atoms in total. The van der Waals surface area contributed by atoms with Gasteiger partial charge in [-0.1, -0.05) is 6.07 Å². The molecule has 4 heteroatoms. The Morgan fingerprint density at radius 2 is 2.31 bits per heavy atom. The van der Waals surface area contributed by atoms with Crippen molar-refractivity contribution in [3.05, 3.63) is 34.1 Å². The lowest BCUT2D eigenvalue weighted by Crippen LogP contribution is -2.40. The van der Waals surface area contributed by atoms with Crippen molar-refractivity contribution in [2.45, 2.75) is 31.7 Å². The van der Waals surface area contributed by atoms with Crippen LogP contribution in [0.5, 0.6) is 0 Å². The number of carbonyl (C=O) groups is 1. The van der Waals surface area contributed by atoms with Crippen molar-refractivity contribution in [1.29, 1.82) is 0 Å². The minimum absolute atomic E-state index is 0.101. The molecule has 0 radical (unpaired) electrons. The van der Waals surface area contributed by atoms with E-state index >= 15 is 0 Å². The maximum atomic E-state index is 13.1. The smallest absolute Gasteiger partial charge is 0.220 e. The van der Waals surface area contributed by atoms with Gasteiger partial charge < -0.3 is 5.32 Å². The van der Waals surface area contributed by atoms with E-state index in [-0.39, 0.29) is 17.3 Å². The molecule has 1 unspecified atom stereocenters. The topological polar surface area (TPSA) is 29.1 Å². The van der Waals surface area contributed by atoms with Gasteiger partial charge in [-0.15, -0.1) is 0 Å². The number of carbonyl (C=O) groups excluding carboxylic acids is 1. The fourth-order valence-electron chi connectivity index (χ4n) is 2.08. The number of benzene rings is 1. The van der Waals surface area contributed by atoms with E-state index in [4.69, 9.17) is 0 Å². The molecule has 0 spiro atoms. The summed E-state index contributed by atoms with van der Waals surface area (Å²) in [7, 11) is 0. The Hall–Kier alpha value is -0.900. The van der Waals surface area contributed by atoms with Crippen molar-refractivity contribution in [2.75, 3.05) is 0 Å². The number of nitrogens with one attached hydrogen (secondary N) is 1. The van der Waals surface area contributed by atoms with Crippen molar-refractivity contribution in [3.63, 3.8) is 0 Å². The molecular weight excluding hydrogens is 273 g/mol. The van der Waals surface area contributed by atoms with Crippen LogP contribution in [0.15, 0.2) is 22.7 Å². The van der Waals surface area contributed by atoms with Gasteiger partial charge in [0.25, 0.3) is 0 Å². The number of halogens is 2. The Morgan fingerprint density at radius 3 is 2.88 bits per heavy atom. The van der Waals surface area contributed by atoms with Gasteiger partial charge in [-0.25, -0.2) is 4.39 Å². The molecule has 86 valence electrons. The molecule has 1 aromatic carbocycles. The van der Waals surface area contributed by atoms with Crippen LogP contribution in [0.25, 0.3) is 0 Å². The zero-order valence-corrected chi connectivity index (χ0v) is 10.6. The van der Waals surface area contributed by atoms with Crippen molar-refractivity contribution >= 4 is 21.8 Å². The molecule has 1 saturated heterocycles. The van der Waals surface area contributed by atoms with Crippen LogP contribution in [-0.2, 0) is 11.2 Å². The molecule has 1 atom stereocenters. The summed E-state index contributed by atoms with van der Waals surface area (Å²) in [5, 5.41) is 2.96. The van der Waals surface area contributed by atoms with Crippen molar-refractivity contribution < 1.29 is 9.18 Å². The number of amides is 1. The van der Waals surface area contributed by atoms with Gasteiger partial charge in [-0.3, -0.25) is 4.79 Å². The predicted molar refractivity (Wildman–Crippen MR) is 63.6 cm³/mol. The van der Waals surface area contributed by atoms with Crippen molar-refractivity contribution in [2.24, 2.45) is 0 Å². The minimum atomic E-state index is -0.260. The summed E-state index contributed by atoms with van der Waals surface area (Å²) in [6, 6.07) is 4.97. The highest BCUT2D eigenvalue weighted by atomic mass is 79.9. The molecule has 0 aliphatic carbocycles. The van der Waals surface area contributed by atoms with E-state index in [9.17, 15) is 9.18 Å². The maximum Gasteiger partial charge on any atom is 0.220 e. The first kappa shape index (κ1) is 11.6. The zero-order chi connectivity index (χ0) is 11.8. The van der Waals surface area contributed by atoms with Gasteiger partial charge >= 0.3 is 0 Å². The van der Waals surface area contributed by atoms with Gasteiger partial charge in [-0.2, -0.15) is 0 Å². The SMILES string of the molecule is CC1(Cc2ccc(F)c(Br)c2)CCC(=O)N1. The van der Waals surface area contributed by atoms with Crippen LogP contribution < -0.4 is 5.32 Å². The molecule has 1 aliphatic rings. The van der Waals surface area contributed by atoms with Gasteiger partial charge in [0.15, 0.2) is 0 Å². The molecule has 1 amide bonds. The van der Waals surface area contributed by atoms with E-state index < -0.39 is 0 Å². The minimum Gasteiger partial charge on any atom is -0.351 e. The molecule has 1 aliphatic heterocycles. The Morgan fingerprint density at radius 1 is 1.56 bits per heavy atom. The Kier molecular flexibility index (Phi) is 3.02. The van der Waals surface area contributed by atoms with E-state index in [0.29, 0.717) is 10.9 Å². The zero-order valence-electron chi connectivity index (χ0n) is 9.02. The van der Waals surface area contributed by atoms with Gasteiger partial charge in [-0.05, 0) is 53.4 Å². The van der Waals surface area contributed by atoms with E-state index in [1.807, 2.05) is 6.92 Å². The normalized spacial score (nSPS) is 24.6. The lowest BCUT2D eigenvalue weighted by atomic mass is 9.91. The second-order valence-corrected chi connectivity index (χ2v) is 5.39. The van der Waals surface area contributed by atoms with Crippen molar-refractivity contribution in [1.82, 2.24) is 5.32 Å². The summed E-state index contributed by atoms with van der Waals surface area (Å²) in [5.41, 5.74) is 0.840. The molecule has 2 rings (SSSR count). The van der Waals surface area contributed by atoms with Crippen molar-refractivity contribution in [3.8, 4) is 0 Å². The first-order valence-corrected chi connectivity index (χ1v) is 6.03. The molecular formula is C12H13BrFNO. The van der Waals surface area contributed by atoms with Gasteiger partial charge in [0, 0.05) is 12.0 Å². The molecule has 16 heavy (non-hydrogen) atoms. The average molecular weight is 286 g/mol. The Bertz CT molecular complexity index is 435. The lowest BCUT2D eigenvalue weighted by Gasteiger charge is -2.24. The summed E-state index contributed by atoms with van der Waals surface area (Å²) in [5.74, 6) is -0.159. The quantitative estimate of drug-likeness (QED) is 0.890. The molecule has 1 fully saturated rings. The van der Waals surface area contributed by atoms with E-state index in [1.54, 1.807) is 12.1 Å². The van der Waals surface area contributed by atoms with Gasteiger partial charge in [0.1, 0.15) is 5.82 Å². The van der Waals surface area contributed by atoms with Crippen LogP contribution in [0.1, 0.15) is 25.3 Å². The third kappa shape index (κ3) is 2.43. The maximum absolute atomic E-state index is 13.1. The second kappa shape index (κ2) is 4.17. The second-order valence-electron chi connectivity index (χ2n) is 4.53. The molecule has 1 heterocycles. The third-order valence-electron chi connectivity index (χ3n) is 2.92. The molecule has 0 saturated carbocycles. The van der Waals surface area contributed by atoms with Crippen LogP contribution in [-0.4, -0.2) is 11.4 Å². The van der Waals surface area contributed by atoms with E-state index in [1.165, 1.54) is 6.07 Å². The fourth-order valence-corrected chi connectivity index (χ4v) is 2.51. The van der Waals surface area contributed by atoms with E-state index in [2.05, 4.69) is 21.2 Å². The van der Waals surface area contributed by atoms with Gasteiger partial charge in [0.05, 0.1) is 4.47 Å². The summed E-state index contributed by atoms with van der Waals surface area (Å²) in [6.45, 7) is 2.02. The third-order valence-corrected chi connectivity index (χ3v) is 3.53. The summed E-state index contributed by atoms with van der Waals surface area (Å²) in [6.07, 6.45) is 2.15. The van der Waals surface area contributed by atoms with Crippen LogP contribution in [0.2, 0.25) is 0 Å². The van der Waals surface area contributed by atoms with Gasteiger partial charge in [0.2, 0.25) is 5.91 Å². The van der Waals surface area contributed by atoms with Crippen LogP contribution >= 0.6 is 15.9 Å². The van der Waals surface area contributed by atoms with E-state index in [0.717, 1.165) is 18.4 Å². The van der Waals surface area contributed by atoms with Crippen LogP contribution in [0.3, 0.4) is 0 Å². The molecule has 1 aromatic rings. The predicted octanol–water partition coefficient (Wildman–Crippen LogP) is 2.80. The average Bonchev–Trinajstić information content (AvgIpc) is 2.52. The summed E-state index contributed by atoms with van der Waals surface area (Å²) < 4.78 is 13.5. The number of rotatable bonds is 2. The largest absolute Gasteiger partial charge is 0.351 e. The lowest BCUT2D eigenvalue weighted by molar-refractivity contribution is -0.119. The number of hydrogen-bond acceptors (Lipinski definition) is 1. The Balaban J connectivity index is 2.14. The summed E-state index contributed by atoms with van der Waals surface area (Å²) in [4.78, 5) is 11.2. The highest BCUT2D eigenvalue weighted by Crippen LogP contribution is 2.26. The van der Waals surface area contributed by atoms with Crippen LogP contribution in [0, 0.1) is 5.82 Å². The van der Waals surface area contributed by atoms with Crippen LogP contribution in [0.4, 0.5) is 4.39 Å². The molecule has 1 N–H and O–H groups in total. The monoisotopic (exact) mass is 285 g/mol. The first-order valence-electron chi connectivity index (χ1n) is 5.23. The fraction of sp³-hybridized carbons (Fsp3) is 0.417. The number of hydrogen-bond donors (Lipinski definition) is 1. The summed E-state index contributed by atoms with van der Waals surface area (Å²) >= 11 is 3.16. The highest BCUT2D eigenvalue weighted by Gasteiger charge is 2.32. The highest BCUT2D eigenvalue weighted by molar-refractivity contribution is 9.10. The molecule has 0 bridgehead atoms. The molecule has 0 aromatic heterocycles. The first-order chi connectivity index (χ1) is 7.48. The Labute approximate surface area is 102 Å². The standard InChI is InChI=1S/C12H13BrFNO/c1-12(5-4-11(16)15-12)7-8-2-3-10(14)9(13)6-8/h2-3,6H,4-5,7H2,1H3,(H,15,16).